The molecule has 0 bridgehead atoms. The molecule has 0 saturated carbocycles. The topological polar surface area (TPSA) is 32.3 Å². The molecule has 0 aromatic rings. The van der Waals surface area contributed by atoms with E-state index in [1.807, 2.05) is 4.90 Å². The molecular weight excluding hydrogens is 176 g/mol. The average Bonchev–Trinajstić information content (AvgIpc) is 2.26. The summed E-state index contributed by atoms with van der Waals surface area (Å²) >= 11 is 0. The van der Waals surface area contributed by atoms with Gasteiger partial charge in [-0.05, 0) is 32.7 Å². The average molecular weight is 198 g/mol. The van der Waals surface area contributed by atoms with Crippen LogP contribution in [0, 0.1) is 0 Å². The van der Waals surface area contributed by atoms with E-state index in [1.54, 1.807) is 0 Å². The molecule has 0 aliphatic carbocycles. The van der Waals surface area contributed by atoms with E-state index >= 15 is 0 Å². The van der Waals surface area contributed by atoms with Crippen LogP contribution < -0.4 is 5.32 Å². The maximum atomic E-state index is 12.0. The Balaban J connectivity index is 2.43. The van der Waals surface area contributed by atoms with Crippen LogP contribution >= 0.6 is 0 Å². The zero-order valence-corrected chi connectivity index (χ0v) is 9.38. The largest absolute Gasteiger partial charge is 0.342 e. The molecule has 0 aromatic heterocycles. The first-order valence-corrected chi connectivity index (χ1v) is 5.81. The number of hydrogen-bond donors (Lipinski definition) is 1. The summed E-state index contributed by atoms with van der Waals surface area (Å²) in [5.74, 6) is 0.300. The van der Waals surface area contributed by atoms with Crippen molar-refractivity contribution in [3.8, 4) is 0 Å². The maximum absolute atomic E-state index is 12.0. The van der Waals surface area contributed by atoms with Crippen molar-refractivity contribution in [2.45, 2.75) is 45.6 Å². The van der Waals surface area contributed by atoms with Crippen LogP contribution in [0.4, 0.5) is 0 Å². The number of nitrogens with zero attached hydrogens (tertiary/aromatic N) is 1. The van der Waals surface area contributed by atoms with Gasteiger partial charge in [0.1, 0.15) is 0 Å². The summed E-state index contributed by atoms with van der Waals surface area (Å²) in [5.41, 5.74) is 0. The monoisotopic (exact) mass is 198 g/mol. The first-order valence-electron chi connectivity index (χ1n) is 5.81. The van der Waals surface area contributed by atoms with Crippen molar-refractivity contribution in [1.29, 1.82) is 0 Å². The fourth-order valence-corrected chi connectivity index (χ4v) is 1.98. The molecule has 0 spiro atoms. The van der Waals surface area contributed by atoms with Crippen molar-refractivity contribution < 1.29 is 4.79 Å². The molecule has 1 aliphatic heterocycles. The van der Waals surface area contributed by atoms with Crippen molar-refractivity contribution in [3.05, 3.63) is 0 Å². The Morgan fingerprint density at radius 2 is 2.21 bits per heavy atom. The molecule has 1 amide bonds. The molecule has 0 radical (unpaired) electrons. The van der Waals surface area contributed by atoms with Crippen LogP contribution in [0.25, 0.3) is 0 Å². The smallest absolute Gasteiger partial charge is 0.239 e. The lowest BCUT2D eigenvalue weighted by atomic mass is 10.0. The van der Waals surface area contributed by atoms with Crippen molar-refractivity contribution in [1.82, 2.24) is 10.2 Å². The predicted octanol–water partition coefficient (Wildman–Crippen LogP) is 1.39. The Labute approximate surface area is 86.9 Å². The molecule has 3 heteroatoms. The van der Waals surface area contributed by atoms with Crippen LogP contribution in [-0.2, 0) is 4.79 Å². The summed E-state index contributed by atoms with van der Waals surface area (Å²) in [6.45, 7) is 6.90. The molecule has 1 rings (SSSR count). The highest BCUT2D eigenvalue weighted by molar-refractivity contribution is 5.81. The van der Waals surface area contributed by atoms with Gasteiger partial charge in [0.2, 0.25) is 5.91 Å². The fourth-order valence-electron chi connectivity index (χ4n) is 1.98. The maximum Gasteiger partial charge on any atom is 0.239 e. The normalized spacial score (nSPS) is 22.0. The highest BCUT2D eigenvalue weighted by Crippen LogP contribution is 2.10. The Hall–Kier alpha value is -0.570. The van der Waals surface area contributed by atoms with E-state index in [9.17, 15) is 4.79 Å². The SMILES string of the molecule is CCCN(CC)C(=O)[C@H]1CCCCN1. The first kappa shape index (κ1) is 11.5. The summed E-state index contributed by atoms with van der Waals surface area (Å²) in [6, 6.07) is 0.0928. The first-order chi connectivity index (χ1) is 6.79. The lowest BCUT2D eigenvalue weighted by Gasteiger charge is -2.29. The molecular formula is C11H22N2O. The van der Waals surface area contributed by atoms with E-state index in [0.29, 0.717) is 5.91 Å². The van der Waals surface area contributed by atoms with Crippen molar-refractivity contribution in [2.24, 2.45) is 0 Å². The molecule has 1 aliphatic rings. The van der Waals surface area contributed by atoms with Gasteiger partial charge in [-0.15, -0.1) is 0 Å². The summed E-state index contributed by atoms with van der Waals surface area (Å²) in [7, 11) is 0. The van der Waals surface area contributed by atoms with Gasteiger partial charge in [-0.2, -0.15) is 0 Å². The molecule has 0 unspecified atom stereocenters. The third-order valence-electron chi connectivity index (χ3n) is 2.80. The van der Waals surface area contributed by atoms with Gasteiger partial charge in [-0.25, -0.2) is 0 Å². The number of likely N-dealkylation sites (N-methyl/N-ethyl adjacent to an activating group) is 1. The van der Waals surface area contributed by atoms with Gasteiger partial charge in [0.15, 0.2) is 0 Å². The number of hydrogen-bond acceptors (Lipinski definition) is 2. The Morgan fingerprint density at radius 1 is 1.43 bits per heavy atom. The predicted molar refractivity (Wildman–Crippen MR) is 58.2 cm³/mol. The zero-order valence-electron chi connectivity index (χ0n) is 9.38. The van der Waals surface area contributed by atoms with Gasteiger partial charge in [0.25, 0.3) is 0 Å². The van der Waals surface area contributed by atoms with E-state index in [1.165, 1.54) is 12.8 Å². The Morgan fingerprint density at radius 3 is 2.71 bits per heavy atom. The van der Waals surface area contributed by atoms with Gasteiger partial charge in [-0.3, -0.25) is 4.79 Å². The van der Waals surface area contributed by atoms with E-state index in [2.05, 4.69) is 19.2 Å². The van der Waals surface area contributed by atoms with E-state index < -0.39 is 0 Å². The minimum atomic E-state index is 0.0928. The van der Waals surface area contributed by atoms with Gasteiger partial charge >= 0.3 is 0 Å². The van der Waals surface area contributed by atoms with Gasteiger partial charge < -0.3 is 10.2 Å². The number of rotatable bonds is 4. The van der Waals surface area contributed by atoms with Gasteiger partial charge in [0, 0.05) is 13.1 Å². The summed E-state index contributed by atoms with van der Waals surface area (Å²) in [5, 5.41) is 3.30. The minimum absolute atomic E-state index is 0.0928. The molecule has 1 heterocycles. The number of carbonyl (C=O) groups is 1. The van der Waals surface area contributed by atoms with Gasteiger partial charge in [0.05, 0.1) is 6.04 Å². The van der Waals surface area contributed by atoms with Crippen molar-refractivity contribution >= 4 is 5.91 Å². The quantitative estimate of drug-likeness (QED) is 0.740. The number of amides is 1. The fraction of sp³-hybridized carbons (Fsp3) is 0.909. The number of nitrogens with one attached hydrogen (secondary N) is 1. The zero-order chi connectivity index (χ0) is 10.4. The molecule has 1 atom stereocenters. The van der Waals surface area contributed by atoms with E-state index in [0.717, 1.165) is 32.5 Å². The van der Waals surface area contributed by atoms with Crippen LogP contribution in [0.5, 0.6) is 0 Å². The Kier molecular flexibility index (Phi) is 4.94. The van der Waals surface area contributed by atoms with Crippen LogP contribution in [0.2, 0.25) is 0 Å². The summed E-state index contributed by atoms with van der Waals surface area (Å²) in [6.07, 6.45) is 4.46. The lowest BCUT2D eigenvalue weighted by Crippen LogP contribution is -2.48. The van der Waals surface area contributed by atoms with E-state index in [-0.39, 0.29) is 6.04 Å². The molecule has 1 fully saturated rings. The van der Waals surface area contributed by atoms with E-state index in [4.69, 9.17) is 0 Å². The Bertz CT molecular complexity index is 169. The number of piperidine rings is 1. The molecule has 14 heavy (non-hydrogen) atoms. The second kappa shape index (κ2) is 6.02. The molecule has 0 aromatic carbocycles. The van der Waals surface area contributed by atoms with Crippen molar-refractivity contribution in [2.75, 3.05) is 19.6 Å². The van der Waals surface area contributed by atoms with Crippen molar-refractivity contribution in [3.63, 3.8) is 0 Å². The van der Waals surface area contributed by atoms with Crippen LogP contribution in [0.1, 0.15) is 39.5 Å². The second-order valence-electron chi connectivity index (χ2n) is 3.92. The summed E-state index contributed by atoms with van der Waals surface area (Å²) in [4.78, 5) is 13.9. The molecule has 3 nitrogen and oxygen atoms in total. The second-order valence-corrected chi connectivity index (χ2v) is 3.92. The standard InChI is InChI=1S/C11H22N2O/c1-3-9-13(4-2)11(14)10-7-5-6-8-12-10/h10,12H,3-9H2,1-2H3/t10-/m1/s1. The third-order valence-corrected chi connectivity index (χ3v) is 2.80. The number of carbonyl (C=O) groups excluding carboxylic acids is 1. The van der Waals surface area contributed by atoms with Crippen LogP contribution in [0.3, 0.4) is 0 Å². The highest BCUT2D eigenvalue weighted by Gasteiger charge is 2.23. The lowest BCUT2D eigenvalue weighted by molar-refractivity contribution is -0.133. The highest BCUT2D eigenvalue weighted by atomic mass is 16.2. The van der Waals surface area contributed by atoms with Crippen LogP contribution in [-0.4, -0.2) is 36.5 Å². The summed E-state index contributed by atoms with van der Waals surface area (Å²) < 4.78 is 0. The van der Waals surface area contributed by atoms with Gasteiger partial charge in [-0.1, -0.05) is 13.3 Å². The third kappa shape index (κ3) is 2.98. The molecule has 82 valence electrons. The molecule has 1 saturated heterocycles. The van der Waals surface area contributed by atoms with Crippen LogP contribution in [0.15, 0.2) is 0 Å². The minimum Gasteiger partial charge on any atom is -0.342 e. The molecule has 1 N–H and O–H groups in total.